The first kappa shape index (κ1) is 14.7. The summed E-state index contributed by atoms with van der Waals surface area (Å²) in [6.07, 6.45) is 0. The lowest BCUT2D eigenvalue weighted by atomic mass is 9.85. The quantitative estimate of drug-likeness (QED) is 0.650. The van der Waals surface area contributed by atoms with Gasteiger partial charge in [-0.05, 0) is 19.1 Å². The smallest absolute Gasteiger partial charge is 0.289 e. The zero-order valence-corrected chi connectivity index (χ0v) is 11.5. The van der Waals surface area contributed by atoms with Crippen molar-refractivity contribution >= 4 is 28.9 Å². The van der Waals surface area contributed by atoms with E-state index in [1.807, 2.05) is 0 Å². The topological polar surface area (TPSA) is 107 Å². The molecule has 1 aromatic rings. The van der Waals surface area contributed by atoms with Gasteiger partial charge in [0.05, 0.1) is 23.6 Å². The van der Waals surface area contributed by atoms with Crippen LogP contribution in [0.5, 0.6) is 0 Å². The fraction of sp³-hybridized carbons (Fsp3) is 0.417. The fourth-order valence-electron chi connectivity index (χ4n) is 1.93. The fourth-order valence-corrected chi connectivity index (χ4v) is 2.11. The van der Waals surface area contributed by atoms with E-state index in [0.29, 0.717) is 12.3 Å². The van der Waals surface area contributed by atoms with Crippen LogP contribution in [0.4, 0.5) is 11.4 Å². The molecule has 108 valence electrons. The lowest BCUT2D eigenvalue weighted by Crippen LogP contribution is -2.47. The maximum absolute atomic E-state index is 12.2. The van der Waals surface area contributed by atoms with Gasteiger partial charge in [0.25, 0.3) is 5.69 Å². The second-order valence-corrected chi connectivity index (χ2v) is 5.32. The molecule has 2 unspecified atom stereocenters. The summed E-state index contributed by atoms with van der Waals surface area (Å²) in [7, 11) is 0. The zero-order valence-electron chi connectivity index (χ0n) is 10.8. The van der Waals surface area contributed by atoms with Crippen LogP contribution in [0.1, 0.15) is 6.92 Å². The number of carbonyl (C=O) groups is 1. The summed E-state index contributed by atoms with van der Waals surface area (Å²) in [4.78, 5) is 22.4. The number of ether oxygens (including phenoxy) is 1. The van der Waals surface area contributed by atoms with Gasteiger partial charge in [-0.25, -0.2) is 0 Å². The number of nitrogens with zero attached hydrogens (tertiary/aromatic N) is 1. The van der Waals surface area contributed by atoms with Crippen LogP contribution < -0.4 is 11.1 Å². The minimum atomic E-state index is -0.853. The first-order valence-corrected chi connectivity index (χ1v) is 6.31. The van der Waals surface area contributed by atoms with Gasteiger partial charge in [-0.3, -0.25) is 14.9 Å². The monoisotopic (exact) mass is 299 g/mol. The summed E-state index contributed by atoms with van der Waals surface area (Å²) in [6.45, 7) is 2.23. The van der Waals surface area contributed by atoms with E-state index >= 15 is 0 Å². The Morgan fingerprint density at radius 1 is 1.65 bits per heavy atom. The number of anilines is 1. The Bertz CT molecular complexity index is 566. The van der Waals surface area contributed by atoms with Crippen molar-refractivity contribution in [3.8, 4) is 0 Å². The Balaban J connectivity index is 2.20. The summed E-state index contributed by atoms with van der Waals surface area (Å²) >= 11 is 5.71. The van der Waals surface area contributed by atoms with Gasteiger partial charge in [-0.1, -0.05) is 11.6 Å². The van der Waals surface area contributed by atoms with Gasteiger partial charge in [0, 0.05) is 17.8 Å². The number of carbonyl (C=O) groups excluding carboxylic acids is 1. The molecule has 0 radical (unpaired) electrons. The molecule has 0 aliphatic carbocycles. The molecule has 0 saturated carbocycles. The van der Waals surface area contributed by atoms with Crippen LogP contribution in [0.3, 0.4) is 0 Å². The van der Waals surface area contributed by atoms with E-state index in [9.17, 15) is 14.9 Å². The maximum Gasteiger partial charge on any atom is 0.289 e. The number of rotatable bonds is 3. The molecule has 1 aliphatic rings. The lowest BCUT2D eigenvalue weighted by Gasteiger charge is -2.25. The predicted octanol–water partition coefficient (Wildman–Crippen LogP) is 1.55. The van der Waals surface area contributed by atoms with E-state index in [0.717, 1.165) is 0 Å². The van der Waals surface area contributed by atoms with Crippen LogP contribution in [0.2, 0.25) is 5.02 Å². The highest BCUT2D eigenvalue weighted by molar-refractivity contribution is 6.32. The molecular formula is C12H14ClN3O4. The Hall–Kier alpha value is -1.70. The number of benzene rings is 1. The summed E-state index contributed by atoms with van der Waals surface area (Å²) in [5.41, 5.74) is 5.04. The van der Waals surface area contributed by atoms with E-state index in [1.165, 1.54) is 18.2 Å². The Morgan fingerprint density at radius 2 is 2.35 bits per heavy atom. The summed E-state index contributed by atoms with van der Waals surface area (Å²) in [5, 5.41) is 13.4. The highest BCUT2D eigenvalue weighted by Crippen LogP contribution is 2.31. The Labute approximate surface area is 120 Å². The Morgan fingerprint density at radius 3 is 2.90 bits per heavy atom. The third-order valence-electron chi connectivity index (χ3n) is 3.44. The van der Waals surface area contributed by atoms with Crippen LogP contribution >= 0.6 is 11.6 Å². The average molecular weight is 300 g/mol. The molecule has 3 N–H and O–H groups in total. The van der Waals surface area contributed by atoms with Crippen molar-refractivity contribution in [3.05, 3.63) is 33.3 Å². The van der Waals surface area contributed by atoms with Gasteiger partial charge in [0.15, 0.2) is 0 Å². The molecule has 2 atom stereocenters. The number of nitro benzene ring substituents is 1. The molecule has 1 aromatic carbocycles. The summed E-state index contributed by atoms with van der Waals surface area (Å²) in [5.74, 6) is -0.334. The van der Waals surface area contributed by atoms with Crippen molar-refractivity contribution in [2.24, 2.45) is 11.1 Å². The van der Waals surface area contributed by atoms with E-state index in [-0.39, 0.29) is 23.2 Å². The minimum absolute atomic E-state index is 0.0140. The third kappa shape index (κ3) is 2.60. The van der Waals surface area contributed by atoms with Gasteiger partial charge in [-0.15, -0.1) is 0 Å². The molecule has 1 heterocycles. The SMILES string of the molecule is CC1(C(=O)Nc2ccc(Cl)c([N+](=O)[O-])c2)COCC1N. The van der Waals surface area contributed by atoms with Crippen molar-refractivity contribution < 1.29 is 14.5 Å². The largest absolute Gasteiger partial charge is 0.379 e. The summed E-state index contributed by atoms with van der Waals surface area (Å²) < 4.78 is 5.20. The van der Waals surface area contributed by atoms with Crippen LogP contribution in [0.25, 0.3) is 0 Å². The number of hydrogen-bond donors (Lipinski definition) is 2. The summed E-state index contributed by atoms with van der Waals surface area (Å²) in [6, 6.07) is 3.66. The van der Waals surface area contributed by atoms with Crippen LogP contribution in [-0.2, 0) is 9.53 Å². The molecule has 1 amide bonds. The number of nitro groups is 1. The average Bonchev–Trinajstić information content (AvgIpc) is 2.73. The van der Waals surface area contributed by atoms with Gasteiger partial charge < -0.3 is 15.8 Å². The Kier molecular flexibility index (Phi) is 3.94. The highest BCUT2D eigenvalue weighted by Gasteiger charge is 2.44. The minimum Gasteiger partial charge on any atom is -0.379 e. The van der Waals surface area contributed by atoms with Crippen LogP contribution in [0, 0.1) is 15.5 Å². The van der Waals surface area contributed by atoms with Gasteiger partial charge in [-0.2, -0.15) is 0 Å². The lowest BCUT2D eigenvalue weighted by molar-refractivity contribution is -0.384. The second-order valence-electron chi connectivity index (χ2n) is 4.92. The highest BCUT2D eigenvalue weighted by atomic mass is 35.5. The van der Waals surface area contributed by atoms with Gasteiger partial charge >= 0.3 is 0 Å². The number of halogens is 1. The normalized spacial score (nSPS) is 25.4. The van der Waals surface area contributed by atoms with E-state index in [2.05, 4.69) is 5.32 Å². The zero-order chi connectivity index (χ0) is 14.9. The number of nitrogens with one attached hydrogen (secondary N) is 1. The molecule has 0 bridgehead atoms. The van der Waals surface area contributed by atoms with Gasteiger partial charge in [0.1, 0.15) is 5.02 Å². The first-order chi connectivity index (χ1) is 9.34. The van der Waals surface area contributed by atoms with Crippen molar-refractivity contribution in [3.63, 3.8) is 0 Å². The van der Waals surface area contributed by atoms with Crippen LogP contribution in [0.15, 0.2) is 18.2 Å². The third-order valence-corrected chi connectivity index (χ3v) is 3.76. The van der Waals surface area contributed by atoms with E-state index < -0.39 is 16.4 Å². The molecule has 0 aromatic heterocycles. The molecule has 7 nitrogen and oxygen atoms in total. The standard InChI is InChI=1S/C12H14ClN3O4/c1-12(6-20-5-10(12)14)11(17)15-7-2-3-8(13)9(4-7)16(18)19/h2-4,10H,5-6,14H2,1H3,(H,15,17). The molecule has 1 fully saturated rings. The van der Waals surface area contributed by atoms with Crippen molar-refractivity contribution in [1.82, 2.24) is 0 Å². The molecule has 2 rings (SSSR count). The number of amides is 1. The van der Waals surface area contributed by atoms with Crippen molar-refractivity contribution in [1.29, 1.82) is 0 Å². The molecule has 1 aliphatic heterocycles. The van der Waals surface area contributed by atoms with Crippen molar-refractivity contribution in [2.75, 3.05) is 18.5 Å². The predicted molar refractivity (Wildman–Crippen MR) is 73.6 cm³/mol. The molecule has 1 saturated heterocycles. The first-order valence-electron chi connectivity index (χ1n) is 5.93. The second kappa shape index (κ2) is 5.35. The molecule has 8 heteroatoms. The van der Waals surface area contributed by atoms with Crippen molar-refractivity contribution in [2.45, 2.75) is 13.0 Å². The molecule has 0 spiro atoms. The maximum atomic E-state index is 12.2. The van der Waals surface area contributed by atoms with E-state index in [1.54, 1.807) is 6.92 Å². The van der Waals surface area contributed by atoms with E-state index in [4.69, 9.17) is 22.1 Å². The van der Waals surface area contributed by atoms with Crippen LogP contribution in [-0.4, -0.2) is 30.1 Å². The molecule has 20 heavy (non-hydrogen) atoms. The molecular weight excluding hydrogens is 286 g/mol. The number of hydrogen-bond acceptors (Lipinski definition) is 5. The van der Waals surface area contributed by atoms with Gasteiger partial charge in [0.2, 0.25) is 5.91 Å². The number of nitrogens with two attached hydrogens (primary N) is 1.